The van der Waals surface area contributed by atoms with E-state index >= 15 is 4.39 Å². The molecule has 0 spiro atoms. The van der Waals surface area contributed by atoms with Crippen LogP contribution in [0.5, 0.6) is 0 Å². The second-order valence-corrected chi connectivity index (χ2v) is 23.6. The second kappa shape index (κ2) is 20.8. The highest BCUT2D eigenvalue weighted by Gasteiger charge is 2.32. The van der Waals surface area contributed by atoms with Crippen molar-refractivity contribution in [3.63, 3.8) is 0 Å². The van der Waals surface area contributed by atoms with Gasteiger partial charge >= 0.3 is 0 Å². The zero-order valence-electron chi connectivity index (χ0n) is 48.7. The standard InChI is InChI=1S/C82H59FN2O2/c1-50(2)66-48-74(84(72-35-21-33-62-58-31-17-19-37-76(58)86-81(62)72)71-44-39-56(52-23-9-5-10-24-52)45-68(71)54-27-13-7-14-28-54)64-42-40-61-67(51(3)4)49-75(65-43-41-60(66)78(64)79(61)65)85(73-36-22-34-63-59-32-18-20-38-77(59)87-82(63)73)80-69(55-29-15-8-16-30-55)46-57(47-70(80)83)53-25-11-6-12-26-53/h5-51H,1-4H3. The summed E-state index contributed by atoms with van der Waals surface area (Å²) in [6.07, 6.45) is 0. The maximum Gasteiger partial charge on any atom is 0.159 e. The van der Waals surface area contributed by atoms with Gasteiger partial charge in [-0.1, -0.05) is 240 Å². The van der Waals surface area contributed by atoms with Crippen LogP contribution in [-0.2, 0) is 0 Å². The van der Waals surface area contributed by atoms with E-state index in [1.165, 1.54) is 10.9 Å². The Hall–Kier alpha value is -10.8. The van der Waals surface area contributed by atoms with Gasteiger partial charge < -0.3 is 18.6 Å². The van der Waals surface area contributed by atoms with Crippen molar-refractivity contribution in [1.82, 2.24) is 0 Å². The van der Waals surface area contributed by atoms with Gasteiger partial charge in [0.25, 0.3) is 0 Å². The molecule has 0 saturated heterocycles. The number of nitrogens with zero attached hydrogens (tertiary/aromatic N) is 2. The van der Waals surface area contributed by atoms with Gasteiger partial charge in [-0.15, -0.1) is 0 Å². The Morgan fingerprint density at radius 3 is 1.22 bits per heavy atom. The van der Waals surface area contributed by atoms with Gasteiger partial charge in [0.15, 0.2) is 11.2 Å². The third-order valence-corrected chi connectivity index (χ3v) is 17.8. The highest BCUT2D eigenvalue weighted by atomic mass is 19.1. The summed E-state index contributed by atoms with van der Waals surface area (Å²) < 4.78 is 32.8. The average Bonchev–Trinajstić information content (AvgIpc) is 1.45. The molecule has 0 aliphatic rings. The van der Waals surface area contributed by atoms with E-state index in [0.29, 0.717) is 11.3 Å². The van der Waals surface area contributed by atoms with Crippen molar-refractivity contribution in [2.75, 3.05) is 9.80 Å². The predicted molar refractivity (Wildman–Crippen MR) is 364 cm³/mol. The molecule has 87 heavy (non-hydrogen) atoms. The first-order valence-corrected chi connectivity index (χ1v) is 30.1. The Morgan fingerprint density at radius 1 is 0.287 bits per heavy atom. The number of fused-ring (bicyclic) bond motifs is 6. The number of hydrogen-bond donors (Lipinski definition) is 0. The lowest BCUT2D eigenvalue weighted by Crippen LogP contribution is -2.15. The van der Waals surface area contributed by atoms with Crippen molar-refractivity contribution in [2.45, 2.75) is 39.5 Å². The van der Waals surface area contributed by atoms with Crippen LogP contribution < -0.4 is 9.80 Å². The van der Waals surface area contributed by atoms with Crippen molar-refractivity contribution in [2.24, 2.45) is 0 Å². The van der Waals surface area contributed by atoms with Gasteiger partial charge in [0.1, 0.15) is 17.0 Å². The zero-order valence-corrected chi connectivity index (χ0v) is 48.7. The molecule has 4 nitrogen and oxygen atoms in total. The molecule has 0 saturated carbocycles. The summed E-state index contributed by atoms with van der Waals surface area (Å²) in [6, 6.07) is 96.0. The lowest BCUT2D eigenvalue weighted by atomic mass is 9.83. The molecule has 14 aromatic carbocycles. The van der Waals surface area contributed by atoms with Crippen molar-refractivity contribution < 1.29 is 13.2 Å². The molecule has 0 unspecified atom stereocenters. The van der Waals surface area contributed by atoms with Crippen LogP contribution in [0.25, 0.3) is 121 Å². The molecule has 16 aromatic rings. The van der Waals surface area contributed by atoms with Crippen LogP contribution in [-0.4, -0.2) is 0 Å². The number of rotatable bonds is 12. The van der Waals surface area contributed by atoms with E-state index in [1.807, 2.05) is 72.8 Å². The molecule has 0 amide bonds. The van der Waals surface area contributed by atoms with Crippen molar-refractivity contribution >= 4 is 110 Å². The summed E-state index contributed by atoms with van der Waals surface area (Å²) in [5.41, 5.74) is 18.2. The summed E-state index contributed by atoms with van der Waals surface area (Å²) in [7, 11) is 0. The summed E-state index contributed by atoms with van der Waals surface area (Å²) in [5.74, 6) is -0.172. The molecular formula is C82H59FN2O2. The van der Waals surface area contributed by atoms with E-state index in [-0.39, 0.29) is 17.7 Å². The third-order valence-electron chi connectivity index (χ3n) is 17.8. The second-order valence-electron chi connectivity index (χ2n) is 23.6. The van der Waals surface area contributed by atoms with Crippen LogP contribution in [0.2, 0.25) is 0 Å². The summed E-state index contributed by atoms with van der Waals surface area (Å²) in [4.78, 5) is 4.64. The number of para-hydroxylation sites is 4. The van der Waals surface area contributed by atoms with Crippen molar-refractivity contribution in [3.8, 4) is 44.5 Å². The quantitative estimate of drug-likeness (QED) is 0.114. The van der Waals surface area contributed by atoms with Gasteiger partial charge in [-0.05, 0) is 139 Å². The van der Waals surface area contributed by atoms with E-state index in [0.717, 1.165) is 144 Å². The van der Waals surface area contributed by atoms with Gasteiger partial charge in [0.05, 0.1) is 34.1 Å². The highest BCUT2D eigenvalue weighted by Crippen LogP contribution is 2.56. The summed E-state index contributed by atoms with van der Waals surface area (Å²) >= 11 is 0. The minimum absolute atomic E-state index is 0.0684. The minimum atomic E-state index is -0.354. The largest absolute Gasteiger partial charge is 0.454 e. The third kappa shape index (κ3) is 8.48. The lowest BCUT2D eigenvalue weighted by molar-refractivity contribution is 0.629. The highest BCUT2D eigenvalue weighted by molar-refractivity contribution is 6.30. The van der Waals surface area contributed by atoms with Gasteiger partial charge in [-0.2, -0.15) is 0 Å². The molecule has 0 aliphatic heterocycles. The molecule has 0 atom stereocenters. The molecule has 5 heteroatoms. The Morgan fingerprint density at radius 2 is 0.701 bits per heavy atom. The van der Waals surface area contributed by atoms with Crippen LogP contribution in [0.3, 0.4) is 0 Å². The number of hydrogen-bond acceptors (Lipinski definition) is 4. The summed E-state index contributed by atoms with van der Waals surface area (Å²) in [5, 5.41) is 10.7. The fourth-order valence-corrected chi connectivity index (χ4v) is 13.8. The van der Waals surface area contributed by atoms with Crippen LogP contribution in [0.15, 0.2) is 282 Å². The fourth-order valence-electron chi connectivity index (χ4n) is 13.8. The molecule has 416 valence electrons. The van der Waals surface area contributed by atoms with Gasteiger partial charge in [0, 0.05) is 43.4 Å². The Balaban J connectivity index is 1.04. The molecule has 0 radical (unpaired) electrons. The van der Waals surface area contributed by atoms with Crippen molar-refractivity contribution in [1.29, 1.82) is 0 Å². The van der Waals surface area contributed by atoms with E-state index in [2.05, 4.69) is 232 Å². The van der Waals surface area contributed by atoms with Crippen LogP contribution in [0.4, 0.5) is 38.5 Å². The lowest BCUT2D eigenvalue weighted by Gasteiger charge is -2.33. The molecule has 16 rings (SSSR count). The van der Waals surface area contributed by atoms with Gasteiger partial charge in [-0.3, -0.25) is 0 Å². The number of furan rings is 2. The molecular weight excluding hydrogens is 1060 g/mol. The number of benzene rings is 14. The molecule has 0 N–H and O–H groups in total. The maximum atomic E-state index is 18.7. The zero-order chi connectivity index (χ0) is 58.4. The number of halogens is 1. The fraction of sp³-hybridized carbons (Fsp3) is 0.0732. The number of anilines is 6. The maximum absolute atomic E-state index is 18.7. The van der Waals surface area contributed by atoms with E-state index < -0.39 is 0 Å². The Kier molecular flexibility index (Phi) is 12.4. The molecule has 2 aromatic heterocycles. The topological polar surface area (TPSA) is 32.8 Å². The van der Waals surface area contributed by atoms with Crippen LogP contribution in [0.1, 0.15) is 50.7 Å². The average molecular weight is 1120 g/mol. The van der Waals surface area contributed by atoms with Crippen LogP contribution in [0, 0.1) is 5.82 Å². The predicted octanol–water partition coefficient (Wildman–Crippen LogP) is 24.4. The van der Waals surface area contributed by atoms with E-state index in [9.17, 15) is 0 Å². The Labute approximate surface area is 504 Å². The first-order valence-electron chi connectivity index (χ1n) is 30.1. The molecule has 0 aliphatic carbocycles. The first-order chi connectivity index (χ1) is 42.8. The molecule has 0 bridgehead atoms. The monoisotopic (exact) mass is 1120 g/mol. The first kappa shape index (κ1) is 51.9. The van der Waals surface area contributed by atoms with E-state index in [1.54, 1.807) is 6.07 Å². The van der Waals surface area contributed by atoms with E-state index in [4.69, 9.17) is 8.83 Å². The van der Waals surface area contributed by atoms with Gasteiger partial charge in [0.2, 0.25) is 0 Å². The summed E-state index contributed by atoms with van der Waals surface area (Å²) in [6.45, 7) is 9.15. The van der Waals surface area contributed by atoms with Crippen molar-refractivity contribution in [3.05, 3.63) is 290 Å². The van der Waals surface area contributed by atoms with Gasteiger partial charge in [-0.25, -0.2) is 4.39 Å². The normalized spacial score (nSPS) is 11.9. The molecule has 0 fully saturated rings. The smallest absolute Gasteiger partial charge is 0.159 e. The van der Waals surface area contributed by atoms with Crippen LogP contribution >= 0.6 is 0 Å². The SMILES string of the molecule is CC(C)c1cc(N(c2ccc(-c3ccccc3)cc2-c2ccccc2)c2cccc3c2oc2ccccc23)c2ccc3c(C(C)C)cc(N(c4c(F)cc(-c5ccccc5)cc4-c4ccccc4)c4cccc5c4oc4ccccc45)c4ccc1c2c34. The minimum Gasteiger partial charge on any atom is -0.454 e. The Bertz CT molecular complexity index is 5300. The molecule has 2 heterocycles.